The maximum Gasteiger partial charge on any atom is 0.377 e. The van der Waals surface area contributed by atoms with Crippen molar-refractivity contribution in [2.75, 3.05) is 0 Å². The van der Waals surface area contributed by atoms with Crippen LogP contribution in [0.15, 0.2) is 30.5 Å². The van der Waals surface area contributed by atoms with Crippen LogP contribution in [0.2, 0.25) is 5.02 Å². The molecule has 21 heavy (non-hydrogen) atoms. The van der Waals surface area contributed by atoms with Crippen LogP contribution in [-0.2, 0) is 9.59 Å². The topological polar surface area (TPSA) is 117 Å². The lowest BCUT2D eigenvalue weighted by Gasteiger charge is -2.23. The molecule has 0 amide bonds. The van der Waals surface area contributed by atoms with Crippen molar-refractivity contribution in [3.05, 3.63) is 35.5 Å². The molecule has 3 N–H and O–H groups in total. The van der Waals surface area contributed by atoms with E-state index in [4.69, 9.17) is 26.6 Å². The molecule has 0 aliphatic carbocycles. The smallest absolute Gasteiger partial charge is 0.377 e. The third-order valence-electron chi connectivity index (χ3n) is 2.68. The molecule has 0 radical (unpaired) electrons. The number of nitrogens with zero attached hydrogens (tertiary/aromatic N) is 1. The lowest BCUT2D eigenvalue weighted by Crippen LogP contribution is -2.46. The summed E-state index contributed by atoms with van der Waals surface area (Å²) in [6, 6.07) is 6.00. The Labute approximate surface area is 123 Å². The van der Waals surface area contributed by atoms with E-state index >= 15 is 0 Å². The number of carboxylic acid groups (broad SMARTS) is 2. The average Bonchev–Trinajstić information content (AvgIpc) is 2.41. The van der Waals surface area contributed by atoms with Crippen molar-refractivity contribution in [2.24, 2.45) is 0 Å². The highest BCUT2D eigenvalue weighted by atomic mass is 35.5. The molecule has 0 saturated heterocycles. The zero-order chi connectivity index (χ0) is 15.6. The maximum absolute atomic E-state index is 11.1. The minimum absolute atomic E-state index is 0.0823. The van der Waals surface area contributed by atoms with E-state index in [9.17, 15) is 14.7 Å². The van der Waals surface area contributed by atoms with Gasteiger partial charge in [-0.15, -0.1) is 0 Å². The molecule has 0 aliphatic rings. The van der Waals surface area contributed by atoms with E-state index in [2.05, 4.69) is 4.98 Å². The summed E-state index contributed by atoms with van der Waals surface area (Å²) in [4.78, 5) is 25.8. The van der Waals surface area contributed by atoms with Gasteiger partial charge in [-0.1, -0.05) is 11.6 Å². The van der Waals surface area contributed by atoms with Gasteiger partial charge in [-0.05, 0) is 24.3 Å². The summed E-state index contributed by atoms with van der Waals surface area (Å²) in [6.45, 7) is 0. The number of hydrogen-bond acceptors (Lipinski definition) is 5. The monoisotopic (exact) mass is 311 g/mol. The van der Waals surface area contributed by atoms with Crippen molar-refractivity contribution in [3.63, 3.8) is 0 Å². The molecule has 1 heterocycles. The number of carbonyl (C=O) groups is 2. The molecule has 0 bridgehead atoms. The fourth-order valence-electron chi connectivity index (χ4n) is 1.74. The Hall–Kier alpha value is -2.38. The summed E-state index contributed by atoms with van der Waals surface area (Å²) in [5.74, 6) is -6.32. The molecule has 110 valence electrons. The first-order valence-electron chi connectivity index (χ1n) is 5.73. The summed E-state index contributed by atoms with van der Waals surface area (Å²) >= 11 is 5.98. The predicted octanol–water partition coefficient (Wildman–Crippen LogP) is 1.51. The van der Waals surface area contributed by atoms with E-state index in [1.165, 1.54) is 18.3 Å². The largest absolute Gasteiger partial charge is 0.481 e. The van der Waals surface area contributed by atoms with Gasteiger partial charge in [0.25, 0.3) is 0 Å². The number of rotatable bonds is 5. The van der Waals surface area contributed by atoms with Crippen molar-refractivity contribution < 1.29 is 29.6 Å². The number of carboxylic acids is 2. The molecule has 1 unspecified atom stereocenters. The zero-order valence-electron chi connectivity index (χ0n) is 10.5. The van der Waals surface area contributed by atoms with Crippen molar-refractivity contribution in [1.82, 2.24) is 4.98 Å². The first-order chi connectivity index (χ1) is 9.83. The number of ether oxygens (including phenoxy) is 1. The van der Waals surface area contributed by atoms with Crippen molar-refractivity contribution in [2.45, 2.75) is 12.2 Å². The second-order valence-electron chi connectivity index (χ2n) is 4.21. The molecule has 0 saturated carbocycles. The molecule has 0 aliphatic heterocycles. The summed E-state index contributed by atoms with van der Waals surface area (Å²) < 4.78 is 5.00. The van der Waals surface area contributed by atoms with Crippen LogP contribution in [0, 0.1) is 0 Å². The second-order valence-corrected chi connectivity index (χ2v) is 4.61. The Morgan fingerprint density at radius 1 is 1.29 bits per heavy atom. The quantitative estimate of drug-likeness (QED) is 0.716. The Kier molecular flexibility index (Phi) is 3.97. The van der Waals surface area contributed by atoms with E-state index in [1.807, 2.05) is 0 Å². The van der Waals surface area contributed by atoms with Gasteiger partial charge in [0.05, 0.1) is 5.02 Å². The van der Waals surface area contributed by atoms with Gasteiger partial charge < -0.3 is 20.1 Å². The summed E-state index contributed by atoms with van der Waals surface area (Å²) in [5, 5.41) is 28.4. The van der Waals surface area contributed by atoms with E-state index in [0.717, 1.165) is 0 Å². The van der Waals surface area contributed by atoms with Crippen LogP contribution < -0.4 is 4.74 Å². The Balaban J connectivity index is 2.49. The summed E-state index contributed by atoms with van der Waals surface area (Å²) in [6.07, 6.45) is 0.307. The van der Waals surface area contributed by atoms with E-state index in [0.29, 0.717) is 10.4 Å². The fourth-order valence-corrected chi connectivity index (χ4v) is 1.95. The first kappa shape index (κ1) is 15.0. The highest BCUT2D eigenvalue weighted by Gasteiger charge is 2.42. The van der Waals surface area contributed by atoms with Crippen molar-refractivity contribution >= 4 is 34.4 Å². The van der Waals surface area contributed by atoms with Crippen LogP contribution in [0.3, 0.4) is 0 Å². The molecule has 7 nitrogen and oxygen atoms in total. The van der Waals surface area contributed by atoms with Gasteiger partial charge in [0, 0.05) is 11.6 Å². The van der Waals surface area contributed by atoms with Crippen LogP contribution in [-0.4, -0.2) is 38.0 Å². The number of aliphatic hydroxyl groups is 1. The molecule has 1 aromatic carbocycles. The number of fused-ring (bicyclic) bond motifs is 1. The van der Waals surface area contributed by atoms with Crippen LogP contribution in [0.5, 0.6) is 5.75 Å². The third-order valence-corrected chi connectivity index (χ3v) is 3.01. The SMILES string of the molecule is O=C(O)CC(O)(Oc1ccc(Cl)c2cccnc12)C(=O)O. The van der Waals surface area contributed by atoms with Gasteiger partial charge >= 0.3 is 17.7 Å². The van der Waals surface area contributed by atoms with Crippen LogP contribution in [0.1, 0.15) is 6.42 Å². The van der Waals surface area contributed by atoms with Gasteiger partial charge in [0.2, 0.25) is 0 Å². The number of halogens is 1. The van der Waals surface area contributed by atoms with Crippen LogP contribution >= 0.6 is 11.6 Å². The first-order valence-corrected chi connectivity index (χ1v) is 6.11. The lowest BCUT2D eigenvalue weighted by molar-refractivity contribution is -0.199. The second kappa shape index (κ2) is 5.55. The molecule has 0 fully saturated rings. The number of aliphatic carboxylic acids is 2. The standard InChI is InChI=1S/C13H10ClNO6/c14-8-3-4-9(11-7(8)2-1-5-15-11)21-13(20,12(18)19)6-10(16)17/h1-5,20H,6H2,(H,16,17)(H,18,19). The molecule has 0 spiro atoms. The van der Waals surface area contributed by atoms with Gasteiger partial charge in [0.15, 0.2) is 0 Å². The molecule has 8 heteroatoms. The normalized spacial score (nSPS) is 13.6. The summed E-state index contributed by atoms with van der Waals surface area (Å²) in [7, 11) is 0. The number of benzene rings is 1. The Morgan fingerprint density at radius 3 is 2.62 bits per heavy atom. The highest BCUT2D eigenvalue weighted by Crippen LogP contribution is 2.32. The van der Waals surface area contributed by atoms with Gasteiger partial charge in [0.1, 0.15) is 17.7 Å². The van der Waals surface area contributed by atoms with Crippen LogP contribution in [0.25, 0.3) is 10.9 Å². The minimum atomic E-state index is -2.90. The fraction of sp³-hybridized carbons (Fsp3) is 0.154. The van der Waals surface area contributed by atoms with Crippen molar-refractivity contribution in [1.29, 1.82) is 0 Å². The number of hydrogen-bond donors (Lipinski definition) is 3. The number of pyridine rings is 1. The lowest BCUT2D eigenvalue weighted by atomic mass is 10.1. The Bertz CT molecular complexity index is 719. The average molecular weight is 312 g/mol. The Morgan fingerprint density at radius 2 is 2.00 bits per heavy atom. The third kappa shape index (κ3) is 3.04. The molecule has 1 atom stereocenters. The van der Waals surface area contributed by atoms with Gasteiger partial charge in [-0.2, -0.15) is 0 Å². The molecule has 2 rings (SSSR count). The molecule has 1 aromatic heterocycles. The zero-order valence-corrected chi connectivity index (χ0v) is 11.2. The minimum Gasteiger partial charge on any atom is -0.481 e. The molecule has 2 aromatic rings. The highest BCUT2D eigenvalue weighted by molar-refractivity contribution is 6.35. The maximum atomic E-state index is 11.1. The van der Waals surface area contributed by atoms with Gasteiger partial charge in [-0.25, -0.2) is 4.79 Å². The predicted molar refractivity (Wildman–Crippen MR) is 72.2 cm³/mol. The van der Waals surface area contributed by atoms with Crippen LogP contribution in [0.4, 0.5) is 0 Å². The van der Waals surface area contributed by atoms with E-state index in [1.54, 1.807) is 12.1 Å². The summed E-state index contributed by atoms with van der Waals surface area (Å²) in [5.41, 5.74) is 0.218. The number of aromatic nitrogens is 1. The molecular formula is C13H10ClNO6. The van der Waals surface area contributed by atoms with E-state index < -0.39 is 24.1 Å². The van der Waals surface area contributed by atoms with Crippen molar-refractivity contribution in [3.8, 4) is 5.75 Å². The van der Waals surface area contributed by atoms with E-state index in [-0.39, 0.29) is 11.3 Å². The molecular weight excluding hydrogens is 302 g/mol. The van der Waals surface area contributed by atoms with Gasteiger partial charge in [-0.3, -0.25) is 9.78 Å².